The van der Waals surface area contributed by atoms with Gasteiger partial charge in [0, 0.05) is 36.5 Å². The average molecular weight is 323 g/mol. The minimum Gasteiger partial charge on any atom is -0.336 e. The predicted octanol–water partition coefficient (Wildman–Crippen LogP) is 2.34. The highest BCUT2D eigenvalue weighted by molar-refractivity contribution is 7.16. The SMILES string of the molecule is CCc1cc(C(=O)N2CCNCC2)c(NC(=O)C(C)(C)C)s1. The monoisotopic (exact) mass is 323 g/mol. The molecule has 0 bridgehead atoms. The van der Waals surface area contributed by atoms with E-state index in [0.29, 0.717) is 23.7 Å². The Morgan fingerprint density at radius 3 is 2.50 bits per heavy atom. The fraction of sp³-hybridized carbons (Fsp3) is 0.625. The lowest BCUT2D eigenvalue weighted by atomic mass is 9.96. The first-order valence-corrected chi connectivity index (χ1v) is 8.58. The van der Waals surface area contributed by atoms with Gasteiger partial charge in [-0.1, -0.05) is 27.7 Å². The minimum absolute atomic E-state index is 0.0154. The van der Waals surface area contributed by atoms with Crippen molar-refractivity contribution in [3.63, 3.8) is 0 Å². The third-order valence-electron chi connectivity index (χ3n) is 3.67. The summed E-state index contributed by atoms with van der Waals surface area (Å²) < 4.78 is 0. The molecule has 2 heterocycles. The maximum atomic E-state index is 12.7. The van der Waals surface area contributed by atoms with Crippen LogP contribution >= 0.6 is 11.3 Å². The topological polar surface area (TPSA) is 61.4 Å². The first kappa shape index (κ1) is 17.0. The minimum atomic E-state index is -0.480. The normalized spacial score (nSPS) is 15.7. The van der Waals surface area contributed by atoms with E-state index in [-0.39, 0.29) is 11.8 Å². The number of hydrogen-bond acceptors (Lipinski definition) is 4. The van der Waals surface area contributed by atoms with E-state index in [4.69, 9.17) is 0 Å². The van der Waals surface area contributed by atoms with Crippen molar-refractivity contribution in [3.8, 4) is 0 Å². The molecular weight excluding hydrogens is 298 g/mol. The van der Waals surface area contributed by atoms with Crippen LogP contribution < -0.4 is 10.6 Å². The fourth-order valence-corrected chi connectivity index (χ4v) is 3.18. The Labute approximate surface area is 136 Å². The first-order chi connectivity index (χ1) is 10.3. The highest BCUT2D eigenvalue weighted by Crippen LogP contribution is 2.31. The zero-order chi connectivity index (χ0) is 16.3. The van der Waals surface area contributed by atoms with E-state index in [1.165, 1.54) is 11.3 Å². The molecule has 1 aliphatic rings. The summed E-state index contributed by atoms with van der Waals surface area (Å²) in [4.78, 5) is 27.9. The Balaban J connectivity index is 2.24. The van der Waals surface area contributed by atoms with E-state index in [2.05, 4.69) is 17.6 Å². The van der Waals surface area contributed by atoms with Gasteiger partial charge in [-0.05, 0) is 12.5 Å². The Bertz CT molecular complexity index is 554. The van der Waals surface area contributed by atoms with Crippen LogP contribution in [0.4, 0.5) is 5.00 Å². The standard InChI is InChI=1S/C16H25N3O2S/c1-5-11-10-12(14(20)19-8-6-17-7-9-19)13(22-11)18-15(21)16(2,3)4/h10,17H,5-9H2,1-4H3,(H,18,21). The van der Waals surface area contributed by atoms with Crippen LogP contribution in [0.1, 0.15) is 42.9 Å². The van der Waals surface area contributed by atoms with Crippen LogP contribution in [0.25, 0.3) is 0 Å². The van der Waals surface area contributed by atoms with Gasteiger partial charge in [0.05, 0.1) is 5.56 Å². The van der Waals surface area contributed by atoms with Crippen molar-refractivity contribution in [1.82, 2.24) is 10.2 Å². The van der Waals surface area contributed by atoms with Crippen molar-refractivity contribution >= 4 is 28.2 Å². The molecule has 0 spiro atoms. The summed E-state index contributed by atoms with van der Waals surface area (Å²) in [5.74, 6) is -0.0481. The van der Waals surface area contributed by atoms with Gasteiger partial charge in [-0.25, -0.2) is 0 Å². The molecule has 2 amide bonds. The lowest BCUT2D eigenvalue weighted by molar-refractivity contribution is -0.123. The van der Waals surface area contributed by atoms with Crippen molar-refractivity contribution < 1.29 is 9.59 Å². The lowest BCUT2D eigenvalue weighted by Gasteiger charge is -2.27. The average Bonchev–Trinajstić information content (AvgIpc) is 2.89. The number of thiophene rings is 1. The second-order valence-electron chi connectivity index (χ2n) is 6.56. The number of hydrogen-bond donors (Lipinski definition) is 2. The number of rotatable bonds is 3. The number of piperazine rings is 1. The second-order valence-corrected chi connectivity index (χ2v) is 7.69. The van der Waals surface area contributed by atoms with E-state index in [1.807, 2.05) is 31.7 Å². The van der Waals surface area contributed by atoms with E-state index < -0.39 is 5.41 Å². The Hall–Kier alpha value is -1.40. The number of carbonyl (C=O) groups excluding carboxylic acids is 2. The maximum Gasteiger partial charge on any atom is 0.256 e. The molecule has 1 fully saturated rings. The quantitative estimate of drug-likeness (QED) is 0.897. The second kappa shape index (κ2) is 6.79. The third kappa shape index (κ3) is 3.87. The Kier molecular flexibility index (Phi) is 5.24. The van der Waals surface area contributed by atoms with E-state index >= 15 is 0 Å². The van der Waals surface area contributed by atoms with Crippen molar-refractivity contribution in [2.45, 2.75) is 34.1 Å². The number of carbonyl (C=O) groups is 2. The first-order valence-electron chi connectivity index (χ1n) is 7.77. The van der Waals surface area contributed by atoms with Gasteiger partial charge in [0.25, 0.3) is 5.91 Å². The highest BCUT2D eigenvalue weighted by atomic mass is 32.1. The van der Waals surface area contributed by atoms with Gasteiger partial charge in [-0.3, -0.25) is 9.59 Å². The van der Waals surface area contributed by atoms with Gasteiger partial charge in [0.1, 0.15) is 5.00 Å². The van der Waals surface area contributed by atoms with E-state index in [9.17, 15) is 9.59 Å². The van der Waals surface area contributed by atoms with E-state index in [0.717, 1.165) is 24.4 Å². The lowest BCUT2D eigenvalue weighted by Crippen LogP contribution is -2.46. The highest BCUT2D eigenvalue weighted by Gasteiger charge is 2.27. The molecule has 0 aromatic carbocycles. The Morgan fingerprint density at radius 2 is 1.95 bits per heavy atom. The van der Waals surface area contributed by atoms with Crippen molar-refractivity contribution in [1.29, 1.82) is 0 Å². The molecule has 1 aromatic rings. The van der Waals surface area contributed by atoms with Crippen LogP contribution in [0, 0.1) is 5.41 Å². The molecule has 2 N–H and O–H groups in total. The number of aryl methyl sites for hydroxylation is 1. The molecule has 0 radical (unpaired) electrons. The molecule has 1 saturated heterocycles. The molecule has 0 saturated carbocycles. The molecule has 122 valence electrons. The summed E-state index contributed by atoms with van der Waals surface area (Å²) in [6, 6.07) is 1.92. The van der Waals surface area contributed by atoms with Gasteiger partial charge in [0.15, 0.2) is 0 Å². The summed E-state index contributed by atoms with van der Waals surface area (Å²) in [5.41, 5.74) is 0.146. The van der Waals surface area contributed by atoms with Crippen molar-refractivity contribution in [2.24, 2.45) is 5.41 Å². The van der Waals surface area contributed by atoms with Gasteiger partial charge in [0.2, 0.25) is 5.91 Å². The third-order valence-corrected chi connectivity index (χ3v) is 4.87. The smallest absolute Gasteiger partial charge is 0.256 e. The van der Waals surface area contributed by atoms with Crippen LogP contribution in [0.5, 0.6) is 0 Å². The zero-order valence-electron chi connectivity index (χ0n) is 13.8. The summed E-state index contributed by atoms with van der Waals surface area (Å²) in [6.07, 6.45) is 0.859. The molecule has 22 heavy (non-hydrogen) atoms. The van der Waals surface area contributed by atoms with Crippen LogP contribution in [0.3, 0.4) is 0 Å². The number of nitrogens with one attached hydrogen (secondary N) is 2. The van der Waals surface area contributed by atoms with E-state index in [1.54, 1.807) is 0 Å². The summed E-state index contributed by atoms with van der Waals surface area (Å²) in [7, 11) is 0. The van der Waals surface area contributed by atoms with Crippen molar-refractivity contribution in [2.75, 3.05) is 31.5 Å². The molecular formula is C16H25N3O2S. The van der Waals surface area contributed by atoms with Crippen molar-refractivity contribution in [3.05, 3.63) is 16.5 Å². The van der Waals surface area contributed by atoms with Crippen LogP contribution in [-0.4, -0.2) is 42.9 Å². The molecule has 1 aliphatic heterocycles. The summed E-state index contributed by atoms with van der Waals surface area (Å²) in [6.45, 7) is 10.7. The molecule has 0 unspecified atom stereocenters. The van der Waals surface area contributed by atoms with Gasteiger partial charge in [-0.15, -0.1) is 11.3 Å². The van der Waals surface area contributed by atoms with Crippen LogP contribution in [0.15, 0.2) is 6.07 Å². The van der Waals surface area contributed by atoms with Gasteiger partial charge in [-0.2, -0.15) is 0 Å². The molecule has 0 atom stereocenters. The molecule has 6 heteroatoms. The number of anilines is 1. The Morgan fingerprint density at radius 1 is 1.32 bits per heavy atom. The maximum absolute atomic E-state index is 12.7. The summed E-state index contributed by atoms with van der Waals surface area (Å²) in [5, 5.41) is 6.87. The molecule has 1 aromatic heterocycles. The van der Waals surface area contributed by atoms with Gasteiger partial charge < -0.3 is 15.5 Å². The predicted molar refractivity (Wildman–Crippen MR) is 90.6 cm³/mol. The van der Waals surface area contributed by atoms with Crippen LogP contribution in [-0.2, 0) is 11.2 Å². The summed E-state index contributed by atoms with van der Waals surface area (Å²) >= 11 is 1.50. The van der Waals surface area contributed by atoms with Gasteiger partial charge >= 0.3 is 0 Å². The zero-order valence-corrected chi connectivity index (χ0v) is 14.6. The molecule has 5 nitrogen and oxygen atoms in total. The molecule has 0 aliphatic carbocycles. The fourth-order valence-electron chi connectivity index (χ4n) is 2.20. The van der Waals surface area contributed by atoms with Crippen LogP contribution in [0.2, 0.25) is 0 Å². The largest absolute Gasteiger partial charge is 0.336 e. The molecule has 2 rings (SSSR count). The number of amides is 2. The number of nitrogens with zero attached hydrogens (tertiary/aromatic N) is 1.